The van der Waals surface area contributed by atoms with Crippen molar-refractivity contribution in [3.05, 3.63) is 11.4 Å². The van der Waals surface area contributed by atoms with Crippen LogP contribution in [0.3, 0.4) is 0 Å². The maximum atomic E-state index is 4.71. The SMILES string of the molecule is CCc1nc(NC)c(C)c(N2CCCC2C)n1. The molecule has 0 aromatic carbocycles. The van der Waals surface area contributed by atoms with Gasteiger partial charge in [0.05, 0.1) is 0 Å². The molecular weight excluding hydrogens is 212 g/mol. The predicted octanol–water partition coefficient (Wildman–Crippen LogP) is 2.38. The van der Waals surface area contributed by atoms with Crippen LogP contribution in [0.2, 0.25) is 0 Å². The van der Waals surface area contributed by atoms with E-state index in [1.807, 2.05) is 7.05 Å². The second-order valence-electron chi connectivity index (χ2n) is 4.73. The number of aromatic nitrogens is 2. The normalized spacial score (nSPS) is 19.8. The minimum Gasteiger partial charge on any atom is -0.373 e. The lowest BCUT2D eigenvalue weighted by atomic mass is 10.2. The summed E-state index contributed by atoms with van der Waals surface area (Å²) >= 11 is 0. The van der Waals surface area contributed by atoms with Crippen LogP contribution >= 0.6 is 0 Å². The van der Waals surface area contributed by atoms with Gasteiger partial charge in [-0.2, -0.15) is 0 Å². The zero-order valence-corrected chi connectivity index (χ0v) is 11.2. The molecule has 0 bridgehead atoms. The summed E-state index contributed by atoms with van der Waals surface area (Å²) in [6, 6.07) is 0.595. The smallest absolute Gasteiger partial charge is 0.137 e. The summed E-state index contributed by atoms with van der Waals surface area (Å²) in [5.41, 5.74) is 1.17. The minimum absolute atomic E-state index is 0.595. The van der Waals surface area contributed by atoms with Gasteiger partial charge in [-0.1, -0.05) is 6.92 Å². The molecule has 0 radical (unpaired) electrons. The first-order chi connectivity index (χ1) is 8.17. The molecule has 1 N–H and O–H groups in total. The van der Waals surface area contributed by atoms with Gasteiger partial charge in [-0.05, 0) is 26.7 Å². The van der Waals surface area contributed by atoms with Crippen molar-refractivity contribution < 1.29 is 0 Å². The summed E-state index contributed by atoms with van der Waals surface area (Å²) in [6.07, 6.45) is 3.41. The summed E-state index contributed by atoms with van der Waals surface area (Å²) in [6.45, 7) is 7.59. The van der Waals surface area contributed by atoms with E-state index in [1.165, 1.54) is 18.4 Å². The van der Waals surface area contributed by atoms with Crippen LogP contribution in [0.25, 0.3) is 0 Å². The average molecular weight is 234 g/mol. The highest BCUT2D eigenvalue weighted by molar-refractivity contribution is 5.59. The Bertz CT molecular complexity index is 403. The predicted molar refractivity (Wildman–Crippen MR) is 71.7 cm³/mol. The molecule has 0 saturated carbocycles. The molecule has 0 amide bonds. The Hall–Kier alpha value is -1.32. The second-order valence-corrected chi connectivity index (χ2v) is 4.73. The molecule has 1 fully saturated rings. The molecule has 1 unspecified atom stereocenters. The Labute approximate surface area is 103 Å². The van der Waals surface area contributed by atoms with E-state index in [1.54, 1.807) is 0 Å². The Morgan fingerprint density at radius 3 is 2.71 bits per heavy atom. The van der Waals surface area contributed by atoms with Crippen LogP contribution in [0.5, 0.6) is 0 Å². The highest BCUT2D eigenvalue weighted by Crippen LogP contribution is 2.29. The average Bonchev–Trinajstić information content (AvgIpc) is 2.76. The van der Waals surface area contributed by atoms with Crippen LogP contribution in [0, 0.1) is 6.92 Å². The number of nitrogens with zero attached hydrogens (tertiary/aromatic N) is 3. The Balaban J connectivity index is 2.44. The van der Waals surface area contributed by atoms with Crippen molar-refractivity contribution in [1.82, 2.24) is 9.97 Å². The van der Waals surface area contributed by atoms with Crippen LogP contribution in [0.4, 0.5) is 11.6 Å². The van der Waals surface area contributed by atoms with E-state index in [0.29, 0.717) is 6.04 Å². The fourth-order valence-corrected chi connectivity index (χ4v) is 2.48. The third-order valence-electron chi connectivity index (χ3n) is 3.54. The van der Waals surface area contributed by atoms with Crippen LogP contribution in [0.1, 0.15) is 38.1 Å². The van der Waals surface area contributed by atoms with Gasteiger partial charge in [0.25, 0.3) is 0 Å². The number of aryl methyl sites for hydroxylation is 1. The van der Waals surface area contributed by atoms with Crippen molar-refractivity contribution in [1.29, 1.82) is 0 Å². The summed E-state index contributed by atoms with van der Waals surface area (Å²) in [4.78, 5) is 11.6. The number of rotatable bonds is 3. The Morgan fingerprint density at radius 2 is 2.18 bits per heavy atom. The molecule has 1 aromatic rings. The number of hydrogen-bond donors (Lipinski definition) is 1. The first kappa shape index (κ1) is 12.1. The van der Waals surface area contributed by atoms with Crippen molar-refractivity contribution in [3.63, 3.8) is 0 Å². The van der Waals surface area contributed by atoms with Crippen molar-refractivity contribution in [2.45, 2.75) is 46.1 Å². The summed E-state index contributed by atoms with van der Waals surface area (Å²) < 4.78 is 0. The monoisotopic (exact) mass is 234 g/mol. The van der Waals surface area contributed by atoms with E-state index < -0.39 is 0 Å². The van der Waals surface area contributed by atoms with Gasteiger partial charge in [0, 0.05) is 31.6 Å². The van der Waals surface area contributed by atoms with E-state index in [0.717, 1.165) is 30.4 Å². The summed E-state index contributed by atoms with van der Waals surface area (Å²) in [5.74, 6) is 3.01. The van der Waals surface area contributed by atoms with E-state index in [4.69, 9.17) is 4.98 Å². The quantitative estimate of drug-likeness (QED) is 0.872. The Morgan fingerprint density at radius 1 is 1.41 bits per heavy atom. The molecule has 0 spiro atoms. The number of anilines is 2. The van der Waals surface area contributed by atoms with Gasteiger partial charge in [-0.25, -0.2) is 9.97 Å². The fourth-order valence-electron chi connectivity index (χ4n) is 2.48. The van der Waals surface area contributed by atoms with Gasteiger partial charge < -0.3 is 10.2 Å². The fraction of sp³-hybridized carbons (Fsp3) is 0.692. The van der Waals surface area contributed by atoms with Crippen molar-refractivity contribution in [2.75, 3.05) is 23.8 Å². The van der Waals surface area contributed by atoms with Crippen LogP contribution in [0.15, 0.2) is 0 Å². The third-order valence-corrected chi connectivity index (χ3v) is 3.54. The highest BCUT2D eigenvalue weighted by Gasteiger charge is 2.24. The molecule has 1 atom stereocenters. The number of nitrogens with one attached hydrogen (secondary N) is 1. The zero-order valence-electron chi connectivity index (χ0n) is 11.2. The zero-order chi connectivity index (χ0) is 12.4. The molecule has 2 heterocycles. The van der Waals surface area contributed by atoms with Gasteiger partial charge in [-0.3, -0.25) is 0 Å². The van der Waals surface area contributed by atoms with E-state index in [9.17, 15) is 0 Å². The van der Waals surface area contributed by atoms with Gasteiger partial charge in [0.15, 0.2) is 0 Å². The molecular formula is C13H22N4. The molecule has 4 heteroatoms. The van der Waals surface area contributed by atoms with Crippen LogP contribution < -0.4 is 10.2 Å². The molecule has 2 rings (SSSR count). The van der Waals surface area contributed by atoms with Crippen LogP contribution in [-0.4, -0.2) is 29.6 Å². The molecule has 1 aliphatic heterocycles. The lowest BCUT2D eigenvalue weighted by Gasteiger charge is -2.25. The van der Waals surface area contributed by atoms with Crippen molar-refractivity contribution >= 4 is 11.6 Å². The molecule has 4 nitrogen and oxygen atoms in total. The van der Waals surface area contributed by atoms with Gasteiger partial charge in [0.2, 0.25) is 0 Å². The van der Waals surface area contributed by atoms with Crippen LogP contribution in [-0.2, 0) is 6.42 Å². The largest absolute Gasteiger partial charge is 0.373 e. The highest BCUT2D eigenvalue weighted by atomic mass is 15.2. The van der Waals surface area contributed by atoms with Crippen molar-refractivity contribution in [3.8, 4) is 0 Å². The third kappa shape index (κ3) is 2.21. The standard InChI is InChI=1S/C13H22N4/c1-5-11-15-12(14-4)10(3)13(16-11)17-8-6-7-9(17)2/h9H,5-8H2,1-4H3,(H,14,15,16). The van der Waals surface area contributed by atoms with E-state index in [2.05, 4.69) is 36.0 Å². The molecule has 1 aliphatic rings. The van der Waals surface area contributed by atoms with E-state index in [-0.39, 0.29) is 0 Å². The molecule has 1 saturated heterocycles. The first-order valence-electron chi connectivity index (χ1n) is 6.49. The Kier molecular flexibility index (Phi) is 3.50. The maximum absolute atomic E-state index is 4.71. The maximum Gasteiger partial charge on any atom is 0.137 e. The molecule has 0 aliphatic carbocycles. The number of hydrogen-bond acceptors (Lipinski definition) is 4. The first-order valence-corrected chi connectivity index (χ1v) is 6.49. The topological polar surface area (TPSA) is 41.1 Å². The summed E-state index contributed by atoms with van der Waals surface area (Å²) in [7, 11) is 1.92. The molecule has 17 heavy (non-hydrogen) atoms. The molecule has 1 aromatic heterocycles. The lowest BCUT2D eigenvalue weighted by molar-refractivity contribution is 0.720. The van der Waals surface area contributed by atoms with E-state index >= 15 is 0 Å². The summed E-state index contributed by atoms with van der Waals surface area (Å²) in [5, 5.41) is 3.17. The van der Waals surface area contributed by atoms with Crippen molar-refractivity contribution in [2.24, 2.45) is 0 Å². The second kappa shape index (κ2) is 4.90. The van der Waals surface area contributed by atoms with Gasteiger partial charge >= 0.3 is 0 Å². The molecule has 94 valence electrons. The minimum atomic E-state index is 0.595. The van der Waals surface area contributed by atoms with Gasteiger partial charge in [0.1, 0.15) is 17.5 Å². The lowest BCUT2D eigenvalue weighted by Crippen LogP contribution is -2.28. The van der Waals surface area contributed by atoms with Gasteiger partial charge in [-0.15, -0.1) is 0 Å².